The molecule has 2 N–H and O–H groups in total. The molecule has 0 rings (SSSR count). The lowest BCUT2D eigenvalue weighted by Crippen LogP contribution is -2.23. The third-order valence-corrected chi connectivity index (χ3v) is 6.29. The van der Waals surface area contributed by atoms with Crippen LogP contribution in [-0.4, -0.2) is 5.91 Å². The molecule has 0 saturated heterocycles. The van der Waals surface area contributed by atoms with Crippen LogP contribution in [-0.2, 0) is 4.79 Å². The summed E-state index contributed by atoms with van der Waals surface area (Å²) in [5, 5.41) is 0. The van der Waals surface area contributed by atoms with E-state index in [2.05, 4.69) is 50.3 Å². The van der Waals surface area contributed by atoms with Crippen molar-refractivity contribution in [2.24, 2.45) is 11.7 Å². The van der Waals surface area contributed by atoms with Crippen molar-refractivity contribution >= 4 is 5.91 Å². The van der Waals surface area contributed by atoms with Crippen LogP contribution in [0.5, 0.6) is 0 Å². The first-order valence-corrected chi connectivity index (χ1v) is 14.0. The van der Waals surface area contributed by atoms with Crippen molar-refractivity contribution in [2.45, 2.75) is 142 Å². The molecule has 0 bridgehead atoms. The summed E-state index contributed by atoms with van der Waals surface area (Å²) in [5.41, 5.74) is 5.47. The highest BCUT2D eigenvalue weighted by Gasteiger charge is 2.12. The topological polar surface area (TPSA) is 43.1 Å². The summed E-state index contributed by atoms with van der Waals surface area (Å²) in [6.07, 6.45) is 38.8. The smallest absolute Gasteiger partial charge is 0.220 e. The summed E-state index contributed by atoms with van der Waals surface area (Å²) in [7, 11) is 0. The Labute approximate surface area is 201 Å². The Bertz CT molecular complexity index is 477. The Hall–Kier alpha value is -1.31. The number of hydrogen-bond donors (Lipinski definition) is 1. The number of amides is 1. The number of carbonyl (C=O) groups is 1. The van der Waals surface area contributed by atoms with Crippen LogP contribution in [0.25, 0.3) is 0 Å². The number of allylic oxidation sites excluding steroid dienone is 6. The maximum absolute atomic E-state index is 11.4. The van der Waals surface area contributed by atoms with Gasteiger partial charge in [-0.3, -0.25) is 4.79 Å². The summed E-state index contributed by atoms with van der Waals surface area (Å²) in [6.45, 7) is 4.38. The predicted octanol–water partition coefficient (Wildman–Crippen LogP) is 9.60. The fourth-order valence-corrected chi connectivity index (χ4v) is 4.19. The van der Waals surface area contributed by atoms with E-state index >= 15 is 0 Å². The van der Waals surface area contributed by atoms with Gasteiger partial charge in [-0.25, -0.2) is 0 Å². The summed E-state index contributed by atoms with van der Waals surface area (Å²) >= 11 is 0. The molecule has 0 saturated carbocycles. The standard InChI is InChI=1S/C30H55NO/c1-3-5-6-7-8-9-10-11-12-13-14-15-16-17-18-19-20-21-22-23-24-25-26-28-29(27-4-2)30(31)32/h8-13,29H,3-7,14-28H2,1-2H3,(H2,31,32)/b9-8+,11-10+,13-12+. The Morgan fingerprint density at radius 3 is 1.44 bits per heavy atom. The van der Waals surface area contributed by atoms with Crippen molar-refractivity contribution in [1.82, 2.24) is 0 Å². The number of primary amides is 1. The van der Waals surface area contributed by atoms with Crippen molar-refractivity contribution in [3.8, 4) is 0 Å². The lowest BCUT2D eigenvalue weighted by Gasteiger charge is -2.11. The molecule has 32 heavy (non-hydrogen) atoms. The van der Waals surface area contributed by atoms with Crippen molar-refractivity contribution < 1.29 is 4.79 Å². The van der Waals surface area contributed by atoms with Gasteiger partial charge in [-0.05, 0) is 38.5 Å². The number of rotatable bonds is 24. The summed E-state index contributed by atoms with van der Waals surface area (Å²) in [5.74, 6) is 0.0112. The highest BCUT2D eigenvalue weighted by atomic mass is 16.1. The molecule has 0 aliphatic rings. The minimum atomic E-state index is -0.100. The largest absolute Gasteiger partial charge is 0.369 e. The molecule has 186 valence electrons. The van der Waals surface area contributed by atoms with Crippen LogP contribution in [0.4, 0.5) is 0 Å². The lowest BCUT2D eigenvalue weighted by molar-refractivity contribution is -0.122. The van der Waals surface area contributed by atoms with Gasteiger partial charge >= 0.3 is 0 Å². The van der Waals surface area contributed by atoms with Gasteiger partial charge in [0.2, 0.25) is 5.91 Å². The second kappa shape index (κ2) is 25.9. The third kappa shape index (κ3) is 23.4. The maximum Gasteiger partial charge on any atom is 0.220 e. The average molecular weight is 446 g/mol. The Balaban J connectivity index is 3.30. The molecule has 0 heterocycles. The zero-order chi connectivity index (χ0) is 23.5. The second-order valence-electron chi connectivity index (χ2n) is 9.44. The third-order valence-electron chi connectivity index (χ3n) is 6.29. The van der Waals surface area contributed by atoms with Gasteiger partial charge in [-0.15, -0.1) is 0 Å². The van der Waals surface area contributed by atoms with E-state index in [9.17, 15) is 4.79 Å². The molecule has 2 heteroatoms. The van der Waals surface area contributed by atoms with E-state index in [1.54, 1.807) is 0 Å². The van der Waals surface area contributed by atoms with E-state index in [0.717, 1.165) is 25.7 Å². The zero-order valence-corrected chi connectivity index (χ0v) is 21.7. The zero-order valence-electron chi connectivity index (χ0n) is 21.7. The molecular weight excluding hydrogens is 390 g/mol. The van der Waals surface area contributed by atoms with Gasteiger partial charge in [0, 0.05) is 5.92 Å². The molecule has 0 fully saturated rings. The van der Waals surface area contributed by atoms with E-state index in [1.165, 1.54) is 103 Å². The number of unbranched alkanes of at least 4 members (excludes halogenated alkanes) is 15. The molecule has 0 aromatic carbocycles. The number of carbonyl (C=O) groups excluding carboxylic acids is 1. The van der Waals surface area contributed by atoms with E-state index < -0.39 is 0 Å². The van der Waals surface area contributed by atoms with Crippen molar-refractivity contribution in [2.75, 3.05) is 0 Å². The average Bonchev–Trinajstić information content (AvgIpc) is 2.78. The molecule has 1 unspecified atom stereocenters. The van der Waals surface area contributed by atoms with Crippen LogP contribution in [0.15, 0.2) is 36.5 Å². The molecule has 0 aromatic heterocycles. The van der Waals surface area contributed by atoms with Gasteiger partial charge in [0.1, 0.15) is 0 Å². The molecule has 0 radical (unpaired) electrons. The van der Waals surface area contributed by atoms with Gasteiger partial charge in [-0.2, -0.15) is 0 Å². The van der Waals surface area contributed by atoms with Gasteiger partial charge < -0.3 is 5.73 Å². The van der Waals surface area contributed by atoms with E-state index in [-0.39, 0.29) is 11.8 Å². The molecule has 2 nitrogen and oxygen atoms in total. The molecule has 1 amide bonds. The summed E-state index contributed by atoms with van der Waals surface area (Å²) in [6, 6.07) is 0. The Morgan fingerprint density at radius 2 is 1.00 bits per heavy atom. The van der Waals surface area contributed by atoms with Crippen molar-refractivity contribution in [3.05, 3.63) is 36.5 Å². The summed E-state index contributed by atoms with van der Waals surface area (Å²) < 4.78 is 0. The first-order valence-electron chi connectivity index (χ1n) is 14.0. The van der Waals surface area contributed by atoms with Crippen LogP contribution in [0.1, 0.15) is 142 Å². The fraction of sp³-hybridized carbons (Fsp3) is 0.767. The second-order valence-corrected chi connectivity index (χ2v) is 9.44. The first kappa shape index (κ1) is 30.7. The van der Waals surface area contributed by atoms with Crippen LogP contribution >= 0.6 is 0 Å². The van der Waals surface area contributed by atoms with Crippen LogP contribution in [0, 0.1) is 5.92 Å². The van der Waals surface area contributed by atoms with Crippen LogP contribution in [0.3, 0.4) is 0 Å². The van der Waals surface area contributed by atoms with E-state index in [4.69, 9.17) is 5.73 Å². The summed E-state index contributed by atoms with van der Waals surface area (Å²) in [4.78, 5) is 11.4. The molecule has 0 aromatic rings. The normalized spacial score (nSPS) is 13.1. The number of nitrogens with two attached hydrogens (primary N) is 1. The van der Waals surface area contributed by atoms with Gasteiger partial charge in [0.05, 0.1) is 0 Å². The minimum Gasteiger partial charge on any atom is -0.369 e. The molecule has 1 atom stereocenters. The Morgan fingerprint density at radius 1 is 0.562 bits per heavy atom. The maximum atomic E-state index is 11.4. The predicted molar refractivity (Wildman–Crippen MR) is 144 cm³/mol. The van der Waals surface area contributed by atoms with Crippen LogP contribution < -0.4 is 5.73 Å². The fourth-order valence-electron chi connectivity index (χ4n) is 4.19. The molecule has 0 aliphatic heterocycles. The highest BCUT2D eigenvalue weighted by molar-refractivity contribution is 5.76. The van der Waals surface area contributed by atoms with Crippen molar-refractivity contribution in [1.29, 1.82) is 0 Å². The van der Waals surface area contributed by atoms with E-state index in [1.807, 2.05) is 0 Å². The molecule has 0 aliphatic carbocycles. The molecular formula is C30H55NO. The first-order chi connectivity index (χ1) is 15.7. The SMILES string of the molecule is CCCCC/C=C/C=C/C=C/CCCCCCCCCCCCCCC(CCC)C(N)=O. The highest BCUT2D eigenvalue weighted by Crippen LogP contribution is 2.17. The monoisotopic (exact) mass is 445 g/mol. The lowest BCUT2D eigenvalue weighted by atomic mass is 9.95. The quantitative estimate of drug-likeness (QED) is 0.117. The molecule has 0 spiro atoms. The van der Waals surface area contributed by atoms with Crippen LogP contribution in [0.2, 0.25) is 0 Å². The minimum absolute atomic E-state index is 0.100. The van der Waals surface area contributed by atoms with Gasteiger partial charge in [-0.1, -0.05) is 140 Å². The van der Waals surface area contributed by atoms with Gasteiger partial charge in [0.15, 0.2) is 0 Å². The number of hydrogen-bond acceptors (Lipinski definition) is 1. The Kier molecular flexibility index (Phi) is 24.9. The van der Waals surface area contributed by atoms with Crippen molar-refractivity contribution in [3.63, 3.8) is 0 Å². The van der Waals surface area contributed by atoms with Gasteiger partial charge in [0.25, 0.3) is 0 Å². The van der Waals surface area contributed by atoms with E-state index in [0.29, 0.717) is 0 Å².